The lowest BCUT2D eigenvalue weighted by Crippen LogP contribution is -2.18. The van der Waals surface area contributed by atoms with Crippen molar-refractivity contribution in [3.8, 4) is 0 Å². The van der Waals surface area contributed by atoms with E-state index in [1.807, 2.05) is 0 Å². The average Bonchev–Trinajstić information content (AvgIpc) is 2.24. The molecule has 92 valence electrons. The van der Waals surface area contributed by atoms with Crippen molar-refractivity contribution in [1.29, 1.82) is 0 Å². The number of hydrogen-bond acceptors (Lipinski definition) is 0. The Hall–Kier alpha value is -1.30. The van der Waals surface area contributed by atoms with Gasteiger partial charge in [0.1, 0.15) is 0 Å². The first-order valence-corrected chi connectivity index (χ1v) is 5.90. The molecule has 0 heterocycles. The van der Waals surface area contributed by atoms with Crippen molar-refractivity contribution in [3.05, 3.63) is 53.6 Å². The number of benzene rings is 1. The smallest absolute Gasteiger partial charge is 0.00815 e. The summed E-state index contributed by atoms with van der Waals surface area (Å²) in [6.07, 6.45) is 9.16. The first-order valence-electron chi connectivity index (χ1n) is 5.90. The summed E-state index contributed by atoms with van der Waals surface area (Å²) in [5, 5.41) is 0. The van der Waals surface area contributed by atoms with Crippen molar-refractivity contribution >= 4 is 6.08 Å². The molecule has 0 saturated carbocycles. The van der Waals surface area contributed by atoms with Gasteiger partial charge in [0, 0.05) is 10.8 Å². The Morgan fingerprint density at radius 3 is 2.18 bits per heavy atom. The minimum atomic E-state index is 0. The van der Waals surface area contributed by atoms with E-state index in [2.05, 4.69) is 76.3 Å². The molecule has 0 aromatic heterocycles. The molecule has 0 heteroatoms. The quantitative estimate of drug-likeness (QED) is 0.535. The summed E-state index contributed by atoms with van der Waals surface area (Å²) in [5.41, 5.74) is 2.99. The molecule has 0 amide bonds. The third-order valence-corrected chi connectivity index (χ3v) is 3.28. The molecule has 1 aliphatic rings. The Kier molecular flexibility index (Phi) is 3.66. The highest BCUT2D eigenvalue weighted by Gasteiger charge is 2.23. The normalized spacial score (nSPS) is 23.5. The van der Waals surface area contributed by atoms with E-state index in [-0.39, 0.29) is 18.3 Å². The number of hydrogen-bond donors (Lipinski definition) is 0. The highest BCUT2D eigenvalue weighted by atomic mass is 14.3. The van der Waals surface area contributed by atoms with Gasteiger partial charge in [-0.15, -0.1) is 0 Å². The van der Waals surface area contributed by atoms with Crippen LogP contribution in [0.5, 0.6) is 0 Å². The van der Waals surface area contributed by atoms with Gasteiger partial charge in [-0.1, -0.05) is 83.7 Å². The summed E-state index contributed by atoms with van der Waals surface area (Å²) in [4.78, 5) is 0. The lowest BCUT2D eigenvalue weighted by Gasteiger charge is -2.28. The van der Waals surface area contributed by atoms with Crippen molar-refractivity contribution in [1.82, 2.24) is 0 Å². The average molecular weight is 228 g/mol. The molecule has 0 spiro atoms. The Bertz CT molecular complexity index is 445. The minimum Gasteiger partial charge on any atom is -0.0782 e. The third-order valence-electron chi connectivity index (χ3n) is 3.28. The van der Waals surface area contributed by atoms with Crippen LogP contribution in [0.2, 0.25) is 0 Å². The molecular formula is C17H24. The van der Waals surface area contributed by atoms with Gasteiger partial charge < -0.3 is 0 Å². The fourth-order valence-electron chi connectivity index (χ4n) is 2.10. The summed E-state index contributed by atoms with van der Waals surface area (Å²) in [7, 11) is 0. The maximum Gasteiger partial charge on any atom is 0.00815 e. The van der Waals surface area contributed by atoms with E-state index < -0.39 is 0 Å². The van der Waals surface area contributed by atoms with Crippen LogP contribution in [-0.2, 0) is 5.41 Å². The van der Waals surface area contributed by atoms with Gasteiger partial charge >= 0.3 is 0 Å². The Labute approximate surface area is 106 Å². The van der Waals surface area contributed by atoms with E-state index in [1.54, 1.807) is 0 Å². The van der Waals surface area contributed by atoms with Crippen molar-refractivity contribution in [3.63, 3.8) is 0 Å². The lowest BCUT2D eigenvalue weighted by molar-refractivity contribution is 0.595. The first kappa shape index (κ1) is 13.8. The third kappa shape index (κ3) is 2.88. The summed E-state index contributed by atoms with van der Waals surface area (Å²) < 4.78 is 0. The zero-order valence-electron chi connectivity index (χ0n) is 10.6. The maximum atomic E-state index is 2.33. The molecule has 0 radical (unpaired) electrons. The van der Waals surface area contributed by atoms with Crippen LogP contribution in [0, 0.1) is 5.41 Å². The van der Waals surface area contributed by atoms with Crippen molar-refractivity contribution in [2.24, 2.45) is 5.41 Å². The van der Waals surface area contributed by atoms with Gasteiger partial charge in [0.2, 0.25) is 0 Å². The fraction of sp³-hybridized carbons (Fsp3) is 0.412. The van der Waals surface area contributed by atoms with Gasteiger partial charge in [-0.3, -0.25) is 0 Å². The summed E-state index contributed by atoms with van der Waals surface area (Å²) in [5.74, 6) is 0. The van der Waals surface area contributed by atoms with E-state index in [1.165, 1.54) is 11.1 Å². The second-order valence-electron chi connectivity index (χ2n) is 5.80. The molecule has 1 aromatic carbocycles. The van der Waals surface area contributed by atoms with Crippen molar-refractivity contribution in [2.45, 2.75) is 40.5 Å². The van der Waals surface area contributed by atoms with Gasteiger partial charge in [0.05, 0.1) is 0 Å². The van der Waals surface area contributed by atoms with Crippen LogP contribution >= 0.6 is 0 Å². The van der Waals surface area contributed by atoms with Gasteiger partial charge in [-0.05, 0) is 11.1 Å². The summed E-state index contributed by atoms with van der Waals surface area (Å²) in [6, 6.07) is 8.65. The van der Waals surface area contributed by atoms with E-state index in [0.717, 1.165) is 0 Å². The maximum absolute atomic E-state index is 2.33. The van der Waals surface area contributed by atoms with E-state index >= 15 is 0 Å². The minimum absolute atomic E-state index is 0. The van der Waals surface area contributed by atoms with Crippen molar-refractivity contribution in [2.75, 3.05) is 0 Å². The number of fused-ring (bicyclic) bond motifs is 1. The van der Waals surface area contributed by atoms with E-state index in [4.69, 9.17) is 0 Å². The van der Waals surface area contributed by atoms with Crippen LogP contribution in [0.15, 0.2) is 42.5 Å². The molecule has 17 heavy (non-hydrogen) atoms. The SMILES string of the molecule is C.CC1(C)/C=C\c2ccccc2C(C)(C)/C=C\1. The lowest BCUT2D eigenvalue weighted by atomic mass is 9.77. The second-order valence-corrected chi connectivity index (χ2v) is 5.80. The zero-order chi connectivity index (χ0) is 11.8. The monoisotopic (exact) mass is 228 g/mol. The predicted octanol–water partition coefficient (Wildman–Crippen LogP) is 5.21. The van der Waals surface area contributed by atoms with Crippen LogP contribution in [0.3, 0.4) is 0 Å². The standard InChI is InChI=1S/C16H20.CH4/c1-15(2)10-9-13-7-5-6-8-14(13)16(3,4)12-11-15;/h5-12H,1-4H3;1H4/b10-9-,12-11-;. The van der Waals surface area contributed by atoms with Gasteiger partial charge in [-0.25, -0.2) is 0 Å². The molecular weight excluding hydrogens is 204 g/mol. The molecule has 0 bridgehead atoms. The molecule has 0 aliphatic heterocycles. The van der Waals surface area contributed by atoms with Gasteiger partial charge in [0.25, 0.3) is 0 Å². The van der Waals surface area contributed by atoms with E-state index in [9.17, 15) is 0 Å². The topological polar surface area (TPSA) is 0 Å². The largest absolute Gasteiger partial charge is 0.0782 e. The van der Waals surface area contributed by atoms with Crippen LogP contribution < -0.4 is 0 Å². The molecule has 2 rings (SSSR count). The van der Waals surface area contributed by atoms with Crippen molar-refractivity contribution < 1.29 is 0 Å². The molecule has 0 N–H and O–H groups in total. The summed E-state index contributed by atoms with van der Waals surface area (Å²) in [6.45, 7) is 9.03. The van der Waals surface area contributed by atoms with Crippen LogP contribution in [0.25, 0.3) is 6.08 Å². The number of rotatable bonds is 0. The summed E-state index contributed by atoms with van der Waals surface area (Å²) >= 11 is 0. The first-order chi connectivity index (χ1) is 7.41. The molecule has 0 atom stereocenters. The Balaban J connectivity index is 0.00000144. The zero-order valence-corrected chi connectivity index (χ0v) is 10.6. The Morgan fingerprint density at radius 2 is 1.47 bits per heavy atom. The van der Waals surface area contributed by atoms with Gasteiger partial charge in [-0.2, -0.15) is 0 Å². The highest BCUT2D eigenvalue weighted by Crippen LogP contribution is 2.34. The van der Waals surface area contributed by atoms with Crippen LogP contribution in [0.4, 0.5) is 0 Å². The highest BCUT2D eigenvalue weighted by molar-refractivity contribution is 5.58. The van der Waals surface area contributed by atoms with E-state index in [0.29, 0.717) is 0 Å². The van der Waals surface area contributed by atoms with Gasteiger partial charge in [0.15, 0.2) is 0 Å². The fourth-order valence-corrected chi connectivity index (χ4v) is 2.10. The molecule has 1 aliphatic carbocycles. The van der Waals surface area contributed by atoms with Crippen LogP contribution in [0.1, 0.15) is 46.2 Å². The molecule has 0 nitrogen and oxygen atoms in total. The predicted molar refractivity (Wildman–Crippen MR) is 78.2 cm³/mol. The number of allylic oxidation sites excluding steroid dienone is 3. The molecule has 0 fully saturated rings. The molecule has 0 saturated heterocycles. The second kappa shape index (κ2) is 4.52. The molecule has 0 unspecified atom stereocenters. The molecule has 1 aromatic rings. The van der Waals surface area contributed by atoms with Crippen LogP contribution in [-0.4, -0.2) is 0 Å². The Morgan fingerprint density at radius 1 is 0.824 bits per heavy atom.